The molecule has 4 atom stereocenters. The van der Waals surface area contributed by atoms with Gasteiger partial charge in [0.15, 0.2) is 5.82 Å². The molecule has 10 heteroatoms. The fourth-order valence-corrected chi connectivity index (χ4v) is 9.21. The average Bonchev–Trinajstić information content (AvgIpc) is 3.79. The Labute approximate surface area is 291 Å². The van der Waals surface area contributed by atoms with Crippen molar-refractivity contribution < 1.29 is 18.6 Å². The standard InChI is InChI=1S/C40H44F2N6O2/c1-5-29-33(41)9-6-23-12-28(49)14-31(34(23)29)35-30(22(2)3)15-32-37(36(35)42)44-39(45-38(32)48-16-24-7-8-25(17-48)43-24)50-21-40(10-11-40)20-47-18-26-13-27(19-47)46(26)4/h1,6,9,12,14-15,22,24-27,43,49H,7-8,10-11,13,16-21H2,2-4H3. The van der Waals surface area contributed by atoms with Gasteiger partial charge in [-0.3, -0.25) is 9.80 Å². The molecule has 6 fully saturated rings. The Morgan fingerprint density at radius 2 is 1.80 bits per heavy atom. The lowest BCUT2D eigenvalue weighted by Gasteiger charge is -2.55. The zero-order valence-corrected chi connectivity index (χ0v) is 29.0. The van der Waals surface area contributed by atoms with Crippen LogP contribution in [0.2, 0.25) is 0 Å². The fraction of sp³-hybridized carbons (Fsp3) is 0.500. The van der Waals surface area contributed by atoms with E-state index in [2.05, 4.69) is 33.0 Å². The Morgan fingerprint density at radius 3 is 2.46 bits per heavy atom. The molecule has 5 saturated heterocycles. The molecule has 5 aliphatic heterocycles. The van der Waals surface area contributed by atoms with E-state index in [-0.39, 0.29) is 39.7 Å². The van der Waals surface area contributed by atoms with Crippen LogP contribution < -0.4 is 15.0 Å². The number of likely N-dealkylation sites (N-methyl/N-ethyl adjacent to an activating group) is 1. The Kier molecular flexibility index (Phi) is 7.50. The number of phenolic OH excluding ortho intramolecular Hbond substituents is 1. The maximum Gasteiger partial charge on any atom is 0.319 e. The third-order valence-electron chi connectivity index (χ3n) is 12.2. The second-order valence-electron chi connectivity index (χ2n) is 15.9. The third kappa shape index (κ3) is 5.28. The highest BCUT2D eigenvalue weighted by Gasteiger charge is 2.49. The average molecular weight is 679 g/mol. The zero-order valence-electron chi connectivity index (χ0n) is 29.0. The normalized spacial score (nSPS) is 25.7. The predicted molar refractivity (Wildman–Crippen MR) is 192 cm³/mol. The highest BCUT2D eigenvalue weighted by atomic mass is 19.1. The number of fused-ring (bicyclic) bond motifs is 6. The van der Waals surface area contributed by atoms with Gasteiger partial charge in [0.25, 0.3) is 0 Å². The van der Waals surface area contributed by atoms with E-state index < -0.39 is 11.6 Å². The molecule has 10 rings (SSSR count). The van der Waals surface area contributed by atoms with E-state index in [1.807, 2.05) is 19.9 Å². The van der Waals surface area contributed by atoms with Gasteiger partial charge in [0.05, 0.1) is 12.2 Å². The molecule has 0 radical (unpaired) electrons. The van der Waals surface area contributed by atoms with Crippen LogP contribution in [0.15, 0.2) is 30.3 Å². The van der Waals surface area contributed by atoms with Crippen molar-refractivity contribution in [2.75, 3.05) is 51.3 Å². The van der Waals surface area contributed by atoms with Gasteiger partial charge in [-0.25, -0.2) is 8.78 Å². The number of aromatic hydroxyl groups is 1. The number of halogens is 2. The summed E-state index contributed by atoms with van der Waals surface area (Å²) < 4.78 is 39.1. The first kappa shape index (κ1) is 31.9. The minimum Gasteiger partial charge on any atom is -0.508 e. The largest absolute Gasteiger partial charge is 0.508 e. The molecule has 4 unspecified atom stereocenters. The van der Waals surface area contributed by atoms with Crippen LogP contribution in [0.3, 0.4) is 0 Å². The number of phenols is 1. The number of piperidine rings is 1. The second kappa shape index (κ2) is 11.8. The highest BCUT2D eigenvalue weighted by Crippen LogP contribution is 2.48. The van der Waals surface area contributed by atoms with E-state index in [0.29, 0.717) is 63.9 Å². The molecule has 4 bridgehead atoms. The monoisotopic (exact) mass is 678 g/mol. The summed E-state index contributed by atoms with van der Waals surface area (Å²) in [5, 5.41) is 16.0. The van der Waals surface area contributed by atoms with Crippen LogP contribution in [-0.4, -0.2) is 95.4 Å². The molecule has 4 aromatic rings. The minimum atomic E-state index is -0.574. The van der Waals surface area contributed by atoms with Crippen LogP contribution in [-0.2, 0) is 0 Å². The molecule has 50 heavy (non-hydrogen) atoms. The van der Waals surface area contributed by atoms with Crippen LogP contribution in [0, 0.1) is 29.4 Å². The van der Waals surface area contributed by atoms with Crippen molar-refractivity contribution in [1.82, 2.24) is 25.1 Å². The molecular formula is C40H44F2N6O2. The molecular weight excluding hydrogens is 634 g/mol. The molecule has 6 heterocycles. The molecule has 1 aliphatic carbocycles. The number of nitrogens with zero attached hydrogens (tertiary/aromatic N) is 5. The molecule has 3 aromatic carbocycles. The summed E-state index contributed by atoms with van der Waals surface area (Å²) in [5.41, 5.74) is 1.51. The number of nitrogens with one attached hydrogen (secondary N) is 1. The first-order valence-electron chi connectivity index (χ1n) is 18.1. The van der Waals surface area contributed by atoms with Gasteiger partial charge in [-0.15, -0.1) is 6.42 Å². The fourth-order valence-electron chi connectivity index (χ4n) is 9.21. The Bertz CT molecular complexity index is 2050. The van der Waals surface area contributed by atoms with E-state index in [9.17, 15) is 5.11 Å². The molecule has 6 aliphatic rings. The Balaban J connectivity index is 1.16. The van der Waals surface area contributed by atoms with Crippen LogP contribution in [0.1, 0.15) is 63.0 Å². The second-order valence-corrected chi connectivity index (χ2v) is 15.9. The van der Waals surface area contributed by atoms with Crippen molar-refractivity contribution in [2.45, 2.75) is 76.0 Å². The van der Waals surface area contributed by atoms with Crippen LogP contribution in [0.5, 0.6) is 11.8 Å². The van der Waals surface area contributed by atoms with Gasteiger partial charge in [-0.2, -0.15) is 9.97 Å². The van der Waals surface area contributed by atoms with Gasteiger partial charge in [0.1, 0.15) is 22.9 Å². The third-order valence-corrected chi connectivity index (χ3v) is 12.2. The van der Waals surface area contributed by atoms with Crippen molar-refractivity contribution in [3.05, 3.63) is 53.1 Å². The summed E-state index contributed by atoms with van der Waals surface area (Å²) in [7, 11) is 2.23. The number of aromatic nitrogens is 2. The maximum absolute atomic E-state index is 17.5. The Hall–Kier alpha value is -4.04. The summed E-state index contributed by atoms with van der Waals surface area (Å²) in [6.45, 7) is 9.19. The van der Waals surface area contributed by atoms with Crippen LogP contribution in [0.25, 0.3) is 32.8 Å². The van der Waals surface area contributed by atoms with E-state index in [0.717, 1.165) is 58.4 Å². The zero-order chi connectivity index (χ0) is 34.5. The molecule has 8 nitrogen and oxygen atoms in total. The number of terminal acetylenes is 1. The van der Waals surface area contributed by atoms with Gasteiger partial charge in [0, 0.05) is 78.6 Å². The minimum absolute atomic E-state index is 0.0304. The van der Waals surface area contributed by atoms with Crippen molar-refractivity contribution in [1.29, 1.82) is 0 Å². The summed E-state index contributed by atoms with van der Waals surface area (Å²) in [6.07, 6.45) is 11.5. The number of piperazine rings is 2. The van der Waals surface area contributed by atoms with Crippen molar-refractivity contribution in [3.8, 4) is 35.2 Å². The van der Waals surface area contributed by atoms with E-state index in [1.165, 1.54) is 24.6 Å². The van der Waals surface area contributed by atoms with Crippen molar-refractivity contribution in [2.24, 2.45) is 5.41 Å². The topological polar surface area (TPSA) is 77.0 Å². The van der Waals surface area contributed by atoms with Gasteiger partial charge in [-0.1, -0.05) is 25.8 Å². The van der Waals surface area contributed by atoms with E-state index in [4.69, 9.17) is 21.1 Å². The number of anilines is 1. The van der Waals surface area contributed by atoms with E-state index in [1.54, 1.807) is 6.07 Å². The Morgan fingerprint density at radius 1 is 1.06 bits per heavy atom. The molecule has 0 amide bonds. The number of hydrogen-bond donors (Lipinski definition) is 2. The molecule has 0 spiro atoms. The van der Waals surface area contributed by atoms with Gasteiger partial charge >= 0.3 is 6.01 Å². The van der Waals surface area contributed by atoms with Crippen molar-refractivity contribution in [3.63, 3.8) is 0 Å². The quantitative estimate of drug-likeness (QED) is 0.219. The van der Waals surface area contributed by atoms with Crippen LogP contribution in [0.4, 0.5) is 14.6 Å². The lowest BCUT2D eigenvalue weighted by molar-refractivity contribution is -0.0581. The van der Waals surface area contributed by atoms with Gasteiger partial charge in [-0.05, 0) is 85.8 Å². The summed E-state index contributed by atoms with van der Waals surface area (Å²) in [6, 6.07) is 9.98. The first-order chi connectivity index (χ1) is 24.1. The number of ether oxygens (including phenoxy) is 1. The molecule has 1 aromatic heterocycles. The summed E-state index contributed by atoms with van der Waals surface area (Å²) >= 11 is 0. The lowest BCUT2D eigenvalue weighted by atomic mass is 9.86. The number of benzene rings is 3. The van der Waals surface area contributed by atoms with Gasteiger partial charge in [0.2, 0.25) is 0 Å². The smallest absolute Gasteiger partial charge is 0.319 e. The molecule has 260 valence electrons. The van der Waals surface area contributed by atoms with Crippen molar-refractivity contribution >= 4 is 27.5 Å². The number of hydrogen-bond acceptors (Lipinski definition) is 8. The van der Waals surface area contributed by atoms with Gasteiger partial charge < -0.3 is 20.1 Å². The summed E-state index contributed by atoms with van der Waals surface area (Å²) in [4.78, 5) is 17.2. The number of rotatable bonds is 8. The van der Waals surface area contributed by atoms with Crippen LogP contribution >= 0.6 is 0 Å². The maximum atomic E-state index is 17.5. The highest BCUT2D eigenvalue weighted by molar-refractivity contribution is 6.05. The lowest BCUT2D eigenvalue weighted by Crippen LogP contribution is -2.67. The SMILES string of the molecule is C#Cc1c(F)ccc2cc(O)cc(-c3c(C(C)C)cc4c(N5CC6CCC(C5)N6)nc(OCC5(CN6CC7CC(C6)N7C)CC5)nc4c3F)c12. The summed E-state index contributed by atoms with van der Waals surface area (Å²) in [5.74, 6) is 1.84. The first-order valence-corrected chi connectivity index (χ1v) is 18.1. The molecule has 1 saturated carbocycles. The molecule has 2 N–H and O–H groups in total. The predicted octanol–water partition coefficient (Wildman–Crippen LogP) is 6.03. The van der Waals surface area contributed by atoms with E-state index >= 15 is 8.78 Å².